The van der Waals surface area contributed by atoms with Gasteiger partial charge in [0, 0.05) is 16.5 Å². The van der Waals surface area contributed by atoms with Gasteiger partial charge in [-0.3, -0.25) is 4.79 Å². The van der Waals surface area contributed by atoms with Gasteiger partial charge in [-0.1, -0.05) is 30.0 Å². The minimum Gasteiger partial charge on any atom is -0.496 e. The zero-order valence-corrected chi connectivity index (χ0v) is 19.0. The average Bonchev–Trinajstić information content (AvgIpc) is 3.20. The summed E-state index contributed by atoms with van der Waals surface area (Å²) in [7, 11) is -1.55. The minimum atomic E-state index is -3.12. The average molecular weight is 461 g/mol. The van der Waals surface area contributed by atoms with Crippen molar-refractivity contribution < 1.29 is 22.7 Å². The molecule has 2 atom stereocenters. The van der Waals surface area contributed by atoms with Crippen LogP contribution in [0, 0.1) is 0 Å². The first-order valence-electron chi connectivity index (χ1n) is 10.0. The number of anilines is 1. The number of para-hydroxylation sites is 1. The second-order valence-electron chi connectivity index (χ2n) is 7.37. The van der Waals surface area contributed by atoms with E-state index in [-0.39, 0.29) is 35.1 Å². The Bertz CT molecular complexity index is 1100. The SMILES string of the molecule is CCOc1ccc(N2C(=NC(=O)Cc3ccccc3OC)S[C@H]3CS(=O)(=O)C[C@H]32)cc1. The molecule has 1 amide bonds. The molecule has 2 aliphatic rings. The van der Waals surface area contributed by atoms with Gasteiger partial charge in [-0.15, -0.1) is 0 Å². The summed E-state index contributed by atoms with van der Waals surface area (Å²) in [4.78, 5) is 19.0. The number of aliphatic imine (C=N–C) groups is 1. The van der Waals surface area contributed by atoms with Gasteiger partial charge < -0.3 is 14.4 Å². The van der Waals surface area contributed by atoms with Crippen LogP contribution < -0.4 is 14.4 Å². The third-order valence-corrected chi connectivity index (χ3v) is 8.46. The van der Waals surface area contributed by atoms with Crippen LogP contribution in [0.25, 0.3) is 0 Å². The van der Waals surface area contributed by atoms with Crippen LogP contribution in [-0.4, -0.2) is 56.0 Å². The van der Waals surface area contributed by atoms with Crippen molar-refractivity contribution in [1.29, 1.82) is 0 Å². The van der Waals surface area contributed by atoms with Crippen molar-refractivity contribution in [2.45, 2.75) is 24.6 Å². The Balaban J connectivity index is 1.62. The maximum atomic E-state index is 12.8. The molecule has 0 saturated carbocycles. The predicted molar refractivity (Wildman–Crippen MR) is 123 cm³/mol. The van der Waals surface area contributed by atoms with Crippen LogP contribution >= 0.6 is 11.8 Å². The van der Waals surface area contributed by atoms with Gasteiger partial charge in [0.1, 0.15) is 11.5 Å². The molecule has 2 fully saturated rings. The largest absolute Gasteiger partial charge is 0.496 e. The van der Waals surface area contributed by atoms with Crippen molar-refractivity contribution in [3.63, 3.8) is 0 Å². The lowest BCUT2D eigenvalue weighted by Crippen LogP contribution is -2.37. The number of amidine groups is 1. The first-order chi connectivity index (χ1) is 14.9. The summed E-state index contributed by atoms with van der Waals surface area (Å²) in [5.74, 6) is 1.22. The smallest absolute Gasteiger partial charge is 0.252 e. The molecule has 2 aliphatic heterocycles. The highest BCUT2D eigenvalue weighted by atomic mass is 32.2. The van der Waals surface area contributed by atoms with E-state index in [0.717, 1.165) is 17.0 Å². The van der Waals surface area contributed by atoms with Gasteiger partial charge in [0.05, 0.1) is 37.7 Å². The molecule has 2 aromatic rings. The molecule has 0 N–H and O–H groups in total. The van der Waals surface area contributed by atoms with Crippen LogP contribution in [0.2, 0.25) is 0 Å². The fourth-order valence-corrected chi connectivity index (χ4v) is 7.83. The van der Waals surface area contributed by atoms with Gasteiger partial charge in [-0.05, 0) is 37.3 Å². The van der Waals surface area contributed by atoms with Crippen molar-refractivity contribution in [3.8, 4) is 11.5 Å². The second-order valence-corrected chi connectivity index (χ2v) is 10.7. The third-order valence-electron chi connectivity index (χ3n) is 5.25. The molecule has 164 valence electrons. The van der Waals surface area contributed by atoms with E-state index in [1.807, 2.05) is 60.4 Å². The van der Waals surface area contributed by atoms with Crippen LogP contribution in [0.15, 0.2) is 53.5 Å². The van der Waals surface area contributed by atoms with E-state index >= 15 is 0 Å². The van der Waals surface area contributed by atoms with Gasteiger partial charge in [0.15, 0.2) is 15.0 Å². The molecule has 2 aromatic carbocycles. The molecule has 0 bridgehead atoms. The maximum Gasteiger partial charge on any atom is 0.252 e. The number of ether oxygens (including phenoxy) is 2. The summed E-state index contributed by atoms with van der Waals surface area (Å²) in [5.41, 5.74) is 1.56. The molecule has 0 unspecified atom stereocenters. The van der Waals surface area contributed by atoms with E-state index in [4.69, 9.17) is 9.47 Å². The van der Waals surface area contributed by atoms with Crippen LogP contribution in [0.4, 0.5) is 5.69 Å². The van der Waals surface area contributed by atoms with E-state index in [2.05, 4.69) is 4.99 Å². The standard InChI is InChI=1S/C22H24N2O5S2/c1-3-29-17-10-8-16(9-11-17)24-18-13-31(26,27)14-20(18)30-22(24)23-21(25)12-15-6-4-5-7-19(15)28-2/h4-11,18,20H,3,12-14H2,1-2H3/t18-,20+/m1/s1. The summed E-state index contributed by atoms with van der Waals surface area (Å²) >= 11 is 1.36. The Kier molecular flexibility index (Phi) is 6.24. The molecular formula is C22H24N2O5S2. The molecule has 0 spiro atoms. The summed E-state index contributed by atoms with van der Waals surface area (Å²) in [5, 5.41) is 0.392. The Hall–Kier alpha value is -2.52. The molecule has 7 nitrogen and oxygen atoms in total. The van der Waals surface area contributed by atoms with Gasteiger partial charge in [0.2, 0.25) is 0 Å². The van der Waals surface area contributed by atoms with Gasteiger partial charge in [-0.2, -0.15) is 4.99 Å². The van der Waals surface area contributed by atoms with Gasteiger partial charge in [0.25, 0.3) is 5.91 Å². The monoisotopic (exact) mass is 460 g/mol. The normalized spacial score (nSPS) is 23.0. The number of hydrogen-bond donors (Lipinski definition) is 0. The van der Waals surface area contributed by atoms with Crippen molar-refractivity contribution in [1.82, 2.24) is 0 Å². The van der Waals surface area contributed by atoms with Crippen molar-refractivity contribution >= 4 is 38.4 Å². The predicted octanol–water partition coefficient (Wildman–Crippen LogP) is 2.94. The van der Waals surface area contributed by atoms with Gasteiger partial charge >= 0.3 is 0 Å². The van der Waals surface area contributed by atoms with Crippen LogP contribution in [0.1, 0.15) is 12.5 Å². The molecule has 0 aromatic heterocycles. The molecular weight excluding hydrogens is 436 g/mol. The number of sulfone groups is 1. The topological polar surface area (TPSA) is 85.3 Å². The lowest BCUT2D eigenvalue weighted by molar-refractivity contribution is -0.117. The third kappa shape index (κ3) is 4.72. The first-order valence-corrected chi connectivity index (χ1v) is 12.7. The number of methoxy groups -OCH3 is 1. The van der Waals surface area contributed by atoms with Crippen molar-refractivity contribution in [2.24, 2.45) is 4.99 Å². The number of rotatable bonds is 6. The first kappa shape index (κ1) is 21.7. The summed E-state index contributed by atoms with van der Waals surface area (Å²) in [6.45, 7) is 2.48. The fourth-order valence-electron chi connectivity index (χ4n) is 3.89. The van der Waals surface area contributed by atoms with E-state index < -0.39 is 9.84 Å². The van der Waals surface area contributed by atoms with Crippen molar-refractivity contribution in [3.05, 3.63) is 54.1 Å². The molecule has 31 heavy (non-hydrogen) atoms. The minimum absolute atomic E-state index is 0.0532. The molecule has 4 rings (SSSR count). The lowest BCUT2D eigenvalue weighted by atomic mass is 10.1. The lowest BCUT2D eigenvalue weighted by Gasteiger charge is -2.24. The van der Waals surface area contributed by atoms with Gasteiger partial charge in [-0.25, -0.2) is 8.42 Å². The zero-order valence-electron chi connectivity index (χ0n) is 17.4. The summed E-state index contributed by atoms with van der Waals surface area (Å²) in [6, 6.07) is 14.5. The number of carbonyl (C=O) groups is 1. The van der Waals surface area contributed by atoms with Crippen LogP contribution in [0.3, 0.4) is 0 Å². The highest BCUT2D eigenvalue weighted by Gasteiger charge is 2.49. The Morgan fingerprint density at radius 3 is 2.61 bits per heavy atom. The fraction of sp³-hybridized carbons (Fsp3) is 0.364. The number of fused-ring (bicyclic) bond motifs is 1. The Labute approximate surface area is 186 Å². The number of hydrogen-bond acceptors (Lipinski definition) is 6. The molecule has 2 saturated heterocycles. The Morgan fingerprint density at radius 1 is 1.16 bits per heavy atom. The molecule has 2 heterocycles. The van der Waals surface area contributed by atoms with Crippen LogP contribution in [-0.2, 0) is 21.1 Å². The maximum absolute atomic E-state index is 12.8. The number of thioether (sulfide) groups is 1. The number of benzene rings is 2. The molecule has 9 heteroatoms. The summed E-state index contributed by atoms with van der Waals surface area (Å²) in [6.07, 6.45) is 0.110. The van der Waals surface area contributed by atoms with Crippen LogP contribution in [0.5, 0.6) is 11.5 Å². The highest BCUT2D eigenvalue weighted by molar-refractivity contribution is 8.16. The van der Waals surface area contributed by atoms with E-state index in [1.54, 1.807) is 7.11 Å². The second kappa shape index (κ2) is 8.92. The van der Waals surface area contributed by atoms with E-state index in [9.17, 15) is 13.2 Å². The number of nitrogens with zero attached hydrogens (tertiary/aromatic N) is 2. The van der Waals surface area contributed by atoms with Crippen molar-refractivity contribution in [2.75, 3.05) is 30.1 Å². The van der Waals surface area contributed by atoms with E-state index in [0.29, 0.717) is 17.5 Å². The number of amides is 1. The van der Waals surface area contributed by atoms with E-state index in [1.165, 1.54) is 11.8 Å². The molecule has 0 radical (unpaired) electrons. The number of carbonyl (C=O) groups excluding carboxylic acids is 1. The Morgan fingerprint density at radius 2 is 1.90 bits per heavy atom. The zero-order chi connectivity index (χ0) is 22.0. The molecule has 0 aliphatic carbocycles. The highest BCUT2D eigenvalue weighted by Crippen LogP contribution is 2.41. The quantitative estimate of drug-likeness (QED) is 0.655. The summed E-state index contributed by atoms with van der Waals surface area (Å²) < 4.78 is 35.3.